The Labute approximate surface area is 172 Å². The monoisotopic (exact) mass is 412 g/mol. The molecule has 0 radical (unpaired) electrons. The van der Waals surface area contributed by atoms with Gasteiger partial charge in [0.2, 0.25) is 0 Å². The molecule has 29 heavy (non-hydrogen) atoms. The highest BCUT2D eigenvalue weighted by Gasteiger charge is 2.16. The highest BCUT2D eigenvalue weighted by Crippen LogP contribution is 2.31. The maximum absolute atomic E-state index is 10.8. The molecule has 3 aromatic rings. The lowest BCUT2D eigenvalue weighted by molar-refractivity contribution is -0.384. The van der Waals surface area contributed by atoms with Crippen molar-refractivity contribution >= 4 is 17.4 Å². The third-order valence-electron chi connectivity index (χ3n) is 3.99. The van der Waals surface area contributed by atoms with Crippen LogP contribution in [-0.2, 0) is 6.54 Å². The first kappa shape index (κ1) is 20.4. The van der Waals surface area contributed by atoms with Gasteiger partial charge in [0.15, 0.2) is 11.0 Å². The van der Waals surface area contributed by atoms with Crippen LogP contribution in [0.25, 0.3) is 11.4 Å². The van der Waals surface area contributed by atoms with Crippen LogP contribution in [0.3, 0.4) is 0 Å². The molecule has 8 nitrogen and oxygen atoms in total. The lowest BCUT2D eigenvalue weighted by atomic mass is 10.2. The Morgan fingerprint density at radius 1 is 1.24 bits per heavy atom. The second-order valence-electron chi connectivity index (χ2n) is 5.86. The van der Waals surface area contributed by atoms with Crippen molar-refractivity contribution < 1.29 is 14.4 Å². The smallest absolute Gasteiger partial charge is 0.273 e. The number of aromatic nitrogens is 3. The maximum atomic E-state index is 10.8. The molecule has 2 aromatic carbocycles. The predicted molar refractivity (Wildman–Crippen MR) is 112 cm³/mol. The van der Waals surface area contributed by atoms with E-state index in [0.717, 1.165) is 16.5 Å². The third-order valence-corrected chi connectivity index (χ3v) is 4.92. The zero-order valence-corrected chi connectivity index (χ0v) is 16.7. The van der Waals surface area contributed by atoms with Crippen molar-refractivity contribution in [3.8, 4) is 22.9 Å². The van der Waals surface area contributed by atoms with Gasteiger partial charge in [-0.25, -0.2) is 0 Å². The number of hydrogen-bond acceptors (Lipinski definition) is 7. The number of ether oxygens (including phenoxy) is 2. The van der Waals surface area contributed by atoms with Crippen molar-refractivity contribution in [2.24, 2.45) is 0 Å². The summed E-state index contributed by atoms with van der Waals surface area (Å²) in [4.78, 5) is 10.4. The molecular formula is C20H20N4O4S. The second-order valence-corrected chi connectivity index (χ2v) is 6.92. The van der Waals surface area contributed by atoms with Crippen LogP contribution >= 0.6 is 11.8 Å². The van der Waals surface area contributed by atoms with Gasteiger partial charge in [0.1, 0.15) is 11.5 Å². The average molecular weight is 412 g/mol. The molecule has 9 heteroatoms. The Balaban J connectivity index is 1.68. The fraction of sp³-hybridized carbons (Fsp3) is 0.200. The first-order valence-corrected chi connectivity index (χ1v) is 9.80. The Morgan fingerprint density at radius 2 is 2.07 bits per heavy atom. The van der Waals surface area contributed by atoms with Crippen molar-refractivity contribution in [3.05, 3.63) is 71.3 Å². The minimum absolute atomic E-state index is 0.00216. The molecule has 1 aromatic heterocycles. The summed E-state index contributed by atoms with van der Waals surface area (Å²) in [7, 11) is 1.62. The molecule has 3 rings (SSSR count). The zero-order valence-electron chi connectivity index (χ0n) is 15.9. The van der Waals surface area contributed by atoms with E-state index < -0.39 is 4.92 Å². The molecular weight excluding hydrogens is 392 g/mol. The van der Waals surface area contributed by atoms with E-state index in [1.54, 1.807) is 25.3 Å². The first-order valence-electron chi connectivity index (χ1n) is 8.81. The van der Waals surface area contributed by atoms with Crippen LogP contribution < -0.4 is 9.47 Å². The van der Waals surface area contributed by atoms with Gasteiger partial charge in [-0.05, 0) is 18.2 Å². The van der Waals surface area contributed by atoms with Crippen LogP contribution in [0.1, 0.15) is 0 Å². The van der Waals surface area contributed by atoms with Gasteiger partial charge in [0, 0.05) is 18.4 Å². The summed E-state index contributed by atoms with van der Waals surface area (Å²) in [6, 6.07) is 13.8. The van der Waals surface area contributed by atoms with Gasteiger partial charge in [0.05, 0.1) is 30.3 Å². The fourth-order valence-corrected chi connectivity index (χ4v) is 3.46. The quantitative estimate of drug-likeness (QED) is 0.162. The van der Waals surface area contributed by atoms with Gasteiger partial charge in [-0.15, -0.1) is 16.8 Å². The number of non-ortho nitro benzene ring substituents is 1. The molecule has 0 aliphatic heterocycles. The topological polar surface area (TPSA) is 92.3 Å². The standard InChI is InChI=1S/C20H20N4O4S/c1-3-11-23-19(17-9-4-5-10-18(17)27-2)21-22-20(23)29-13-12-28-16-8-6-7-15(14-16)24(25)26/h3-10,14H,1,11-13H2,2H3. The van der Waals surface area contributed by atoms with E-state index in [1.165, 1.54) is 23.9 Å². The number of allylic oxidation sites excluding steroid dienone is 1. The van der Waals surface area contributed by atoms with Gasteiger partial charge in [0.25, 0.3) is 5.69 Å². The minimum atomic E-state index is -0.446. The molecule has 1 heterocycles. The van der Waals surface area contributed by atoms with Crippen LogP contribution in [0.15, 0.2) is 66.3 Å². The van der Waals surface area contributed by atoms with Crippen LogP contribution in [0.2, 0.25) is 0 Å². The summed E-state index contributed by atoms with van der Waals surface area (Å²) < 4.78 is 13.0. The Kier molecular flexibility index (Phi) is 6.85. The lowest BCUT2D eigenvalue weighted by Crippen LogP contribution is -2.04. The third kappa shape index (κ3) is 4.94. The molecule has 0 atom stereocenters. The molecule has 0 aliphatic rings. The Morgan fingerprint density at radius 3 is 2.83 bits per heavy atom. The zero-order chi connectivity index (χ0) is 20.6. The largest absolute Gasteiger partial charge is 0.496 e. The number of rotatable bonds is 10. The maximum Gasteiger partial charge on any atom is 0.273 e. The molecule has 0 amide bonds. The van der Waals surface area contributed by atoms with Gasteiger partial charge in [-0.1, -0.05) is 36.0 Å². The van der Waals surface area contributed by atoms with E-state index in [1.807, 2.05) is 28.8 Å². The van der Waals surface area contributed by atoms with Crippen molar-refractivity contribution in [3.63, 3.8) is 0 Å². The summed E-state index contributed by atoms with van der Waals surface area (Å²) in [6.07, 6.45) is 1.78. The lowest BCUT2D eigenvalue weighted by Gasteiger charge is -2.11. The average Bonchev–Trinajstić information content (AvgIpc) is 3.14. The second kappa shape index (κ2) is 9.74. The summed E-state index contributed by atoms with van der Waals surface area (Å²) in [5, 5.41) is 20.2. The molecule has 0 saturated heterocycles. The number of hydrogen-bond donors (Lipinski definition) is 0. The molecule has 0 saturated carbocycles. The SMILES string of the molecule is C=CCn1c(SCCOc2cccc([N+](=O)[O-])c2)nnc1-c1ccccc1OC. The van der Waals surface area contributed by atoms with Gasteiger partial charge < -0.3 is 9.47 Å². The normalized spacial score (nSPS) is 10.5. The number of nitro benzene ring substituents is 1. The fourth-order valence-electron chi connectivity index (χ4n) is 2.70. The van der Waals surface area contributed by atoms with Crippen molar-refractivity contribution in [1.82, 2.24) is 14.8 Å². The molecule has 150 valence electrons. The van der Waals surface area contributed by atoms with Gasteiger partial charge >= 0.3 is 0 Å². The minimum Gasteiger partial charge on any atom is -0.496 e. The van der Waals surface area contributed by atoms with E-state index in [4.69, 9.17) is 9.47 Å². The summed E-state index contributed by atoms with van der Waals surface area (Å²) in [5.74, 6) is 2.48. The number of benzene rings is 2. The summed E-state index contributed by atoms with van der Waals surface area (Å²) in [6.45, 7) is 4.74. The van der Waals surface area contributed by atoms with Crippen molar-refractivity contribution in [1.29, 1.82) is 0 Å². The molecule has 0 spiro atoms. The first-order chi connectivity index (χ1) is 14.1. The van der Waals surface area contributed by atoms with Crippen LogP contribution in [-0.4, -0.2) is 39.2 Å². The van der Waals surface area contributed by atoms with E-state index >= 15 is 0 Å². The predicted octanol–water partition coefficient (Wildman–Crippen LogP) is 4.22. The van der Waals surface area contributed by atoms with Crippen LogP contribution in [0, 0.1) is 10.1 Å². The van der Waals surface area contributed by atoms with E-state index in [2.05, 4.69) is 16.8 Å². The number of nitrogens with zero attached hydrogens (tertiary/aromatic N) is 4. The van der Waals surface area contributed by atoms with E-state index in [-0.39, 0.29) is 5.69 Å². The van der Waals surface area contributed by atoms with E-state index in [0.29, 0.717) is 30.5 Å². The summed E-state index contributed by atoms with van der Waals surface area (Å²) >= 11 is 1.49. The van der Waals surface area contributed by atoms with Crippen LogP contribution in [0.5, 0.6) is 11.5 Å². The number of methoxy groups -OCH3 is 1. The highest BCUT2D eigenvalue weighted by atomic mass is 32.2. The van der Waals surface area contributed by atoms with E-state index in [9.17, 15) is 10.1 Å². The van der Waals surface area contributed by atoms with Gasteiger partial charge in [-0.2, -0.15) is 0 Å². The van der Waals surface area contributed by atoms with Gasteiger partial charge in [-0.3, -0.25) is 14.7 Å². The molecule has 0 aliphatic carbocycles. The summed E-state index contributed by atoms with van der Waals surface area (Å²) in [5.41, 5.74) is 0.853. The molecule has 0 fully saturated rings. The van der Waals surface area contributed by atoms with Crippen LogP contribution in [0.4, 0.5) is 5.69 Å². The van der Waals surface area contributed by atoms with Crippen molar-refractivity contribution in [2.45, 2.75) is 11.7 Å². The molecule has 0 bridgehead atoms. The Hall–Kier alpha value is -3.33. The number of nitro groups is 1. The Bertz CT molecular complexity index is 1010. The van der Waals surface area contributed by atoms with Crippen molar-refractivity contribution in [2.75, 3.05) is 19.5 Å². The molecule has 0 unspecified atom stereocenters. The number of para-hydroxylation sites is 1. The molecule has 0 N–H and O–H groups in total. The highest BCUT2D eigenvalue weighted by molar-refractivity contribution is 7.99. The number of thioether (sulfide) groups is 1.